The molecule has 1 aromatic carbocycles. The number of fused-ring (bicyclic) bond motifs is 1. The second kappa shape index (κ2) is 8.02. The minimum atomic E-state index is -0.00180. The van der Waals surface area contributed by atoms with Gasteiger partial charge in [0.1, 0.15) is 0 Å². The molecule has 1 atom stereocenters. The Morgan fingerprint density at radius 2 is 2.24 bits per heavy atom. The molecule has 1 aliphatic rings. The zero-order valence-corrected chi connectivity index (χ0v) is 15.2. The van der Waals surface area contributed by atoms with Crippen molar-refractivity contribution in [1.82, 2.24) is 15.2 Å². The molecule has 0 spiro atoms. The van der Waals surface area contributed by atoms with Gasteiger partial charge in [0.05, 0.1) is 10.5 Å². The first-order chi connectivity index (χ1) is 12.0. The molecule has 2 heterocycles. The maximum absolute atomic E-state index is 12.4. The summed E-state index contributed by atoms with van der Waals surface area (Å²) in [6.07, 6.45) is 4.42. The lowest BCUT2D eigenvalue weighted by Gasteiger charge is -2.35. The van der Waals surface area contributed by atoms with E-state index < -0.39 is 0 Å². The highest BCUT2D eigenvalue weighted by Gasteiger charge is 2.22. The van der Waals surface area contributed by atoms with Crippen LogP contribution in [0.1, 0.15) is 38.3 Å². The molecule has 134 valence electrons. The number of aromatic nitrogens is 1. The van der Waals surface area contributed by atoms with Gasteiger partial charge in [0.25, 0.3) is 0 Å². The van der Waals surface area contributed by atoms with Gasteiger partial charge in [-0.05, 0) is 37.9 Å². The number of halogens is 1. The van der Waals surface area contributed by atoms with Crippen LogP contribution >= 0.6 is 11.6 Å². The quantitative estimate of drug-likeness (QED) is 0.860. The van der Waals surface area contributed by atoms with Crippen LogP contribution in [0.25, 0.3) is 10.9 Å². The number of para-hydroxylation sites is 1. The highest BCUT2D eigenvalue weighted by Crippen LogP contribution is 2.23. The fourth-order valence-electron chi connectivity index (χ4n) is 3.60. The molecule has 1 fully saturated rings. The standard InChI is InChI=1S/C19H24ClN3O2/c1-13(24)21-9-8-15-5-2-3-10-23(15)12-14-11-18(25)16-6-4-7-17(20)19(16)22-14/h4,6-7,11,15H,2-3,5,8-10,12H2,1H3,(H,21,24)(H,22,25). The zero-order chi connectivity index (χ0) is 17.8. The molecular weight excluding hydrogens is 338 g/mol. The van der Waals surface area contributed by atoms with E-state index in [0.29, 0.717) is 35.1 Å². The van der Waals surface area contributed by atoms with Gasteiger partial charge in [0, 0.05) is 43.2 Å². The second-order valence-electron chi connectivity index (χ2n) is 6.71. The summed E-state index contributed by atoms with van der Waals surface area (Å²) in [5.41, 5.74) is 1.59. The summed E-state index contributed by atoms with van der Waals surface area (Å²) in [4.78, 5) is 29.2. The first-order valence-electron chi connectivity index (χ1n) is 8.83. The molecular formula is C19H24ClN3O2. The molecule has 6 heteroatoms. The molecule has 2 N–H and O–H groups in total. The molecule has 1 unspecified atom stereocenters. The summed E-state index contributed by atoms with van der Waals surface area (Å²) in [7, 11) is 0. The summed E-state index contributed by atoms with van der Waals surface area (Å²) >= 11 is 6.25. The first-order valence-corrected chi connectivity index (χ1v) is 9.21. The van der Waals surface area contributed by atoms with Gasteiger partial charge in [0.2, 0.25) is 5.91 Å². The smallest absolute Gasteiger partial charge is 0.216 e. The van der Waals surface area contributed by atoms with E-state index in [1.54, 1.807) is 31.2 Å². The van der Waals surface area contributed by atoms with E-state index in [4.69, 9.17) is 11.6 Å². The Morgan fingerprint density at radius 3 is 3.04 bits per heavy atom. The number of piperidine rings is 1. The number of pyridine rings is 1. The number of nitrogens with zero attached hydrogens (tertiary/aromatic N) is 1. The van der Waals surface area contributed by atoms with Crippen molar-refractivity contribution in [3.05, 3.63) is 45.2 Å². The molecule has 3 rings (SSSR count). The SMILES string of the molecule is CC(=O)NCCC1CCCCN1Cc1cc(=O)c2cccc(Cl)c2[nH]1. The van der Waals surface area contributed by atoms with E-state index >= 15 is 0 Å². The van der Waals surface area contributed by atoms with Crippen LogP contribution < -0.4 is 10.7 Å². The van der Waals surface area contributed by atoms with Crippen LogP contribution in [-0.2, 0) is 11.3 Å². The molecule has 2 aromatic rings. The number of hydrogen-bond acceptors (Lipinski definition) is 3. The highest BCUT2D eigenvalue weighted by molar-refractivity contribution is 6.35. The van der Waals surface area contributed by atoms with Crippen molar-refractivity contribution >= 4 is 28.4 Å². The second-order valence-corrected chi connectivity index (χ2v) is 7.12. The number of likely N-dealkylation sites (tertiary alicyclic amines) is 1. The van der Waals surface area contributed by atoms with Crippen molar-refractivity contribution < 1.29 is 4.79 Å². The van der Waals surface area contributed by atoms with Gasteiger partial charge < -0.3 is 10.3 Å². The van der Waals surface area contributed by atoms with E-state index in [0.717, 1.165) is 31.5 Å². The molecule has 0 radical (unpaired) electrons. The molecule has 0 bridgehead atoms. The molecule has 1 saturated heterocycles. The largest absolute Gasteiger partial charge is 0.356 e. The van der Waals surface area contributed by atoms with Gasteiger partial charge in [-0.15, -0.1) is 0 Å². The maximum atomic E-state index is 12.4. The summed E-state index contributed by atoms with van der Waals surface area (Å²) < 4.78 is 0. The monoisotopic (exact) mass is 361 g/mol. The Morgan fingerprint density at radius 1 is 1.40 bits per heavy atom. The van der Waals surface area contributed by atoms with Crippen molar-refractivity contribution in [3.63, 3.8) is 0 Å². The summed E-state index contributed by atoms with van der Waals surface area (Å²) in [6, 6.07) is 7.48. The third kappa shape index (κ3) is 4.41. The van der Waals surface area contributed by atoms with Crippen molar-refractivity contribution in [3.8, 4) is 0 Å². The zero-order valence-electron chi connectivity index (χ0n) is 14.5. The fraction of sp³-hybridized carbons (Fsp3) is 0.474. The number of hydrogen-bond donors (Lipinski definition) is 2. The summed E-state index contributed by atoms with van der Waals surface area (Å²) in [5, 5.41) is 4.07. The van der Waals surface area contributed by atoms with Crippen LogP contribution in [0.4, 0.5) is 0 Å². The number of carbonyl (C=O) groups is 1. The average molecular weight is 362 g/mol. The third-order valence-corrected chi connectivity index (χ3v) is 5.16. The van der Waals surface area contributed by atoms with Gasteiger partial charge in [-0.25, -0.2) is 0 Å². The molecule has 0 aliphatic carbocycles. The van der Waals surface area contributed by atoms with Crippen LogP contribution in [-0.4, -0.2) is 34.9 Å². The van der Waals surface area contributed by atoms with E-state index in [1.165, 1.54) is 6.42 Å². The van der Waals surface area contributed by atoms with Gasteiger partial charge in [-0.1, -0.05) is 24.1 Å². The number of rotatable bonds is 5. The Bertz CT molecular complexity index is 818. The third-order valence-electron chi connectivity index (χ3n) is 4.84. The van der Waals surface area contributed by atoms with Crippen LogP contribution in [0.2, 0.25) is 5.02 Å². The van der Waals surface area contributed by atoms with Gasteiger partial charge in [-0.3, -0.25) is 14.5 Å². The summed E-state index contributed by atoms with van der Waals surface area (Å²) in [5.74, 6) is 0.0101. The number of amides is 1. The fourth-order valence-corrected chi connectivity index (χ4v) is 3.82. The van der Waals surface area contributed by atoms with Crippen LogP contribution in [0.3, 0.4) is 0 Å². The normalized spacial score (nSPS) is 18.4. The average Bonchev–Trinajstić information content (AvgIpc) is 2.57. The minimum absolute atomic E-state index is 0.00180. The minimum Gasteiger partial charge on any atom is -0.356 e. The van der Waals surface area contributed by atoms with E-state index in [-0.39, 0.29) is 11.3 Å². The van der Waals surface area contributed by atoms with Crippen molar-refractivity contribution in [2.45, 2.75) is 45.2 Å². The van der Waals surface area contributed by atoms with Gasteiger partial charge >= 0.3 is 0 Å². The van der Waals surface area contributed by atoms with Gasteiger partial charge in [0.15, 0.2) is 5.43 Å². The van der Waals surface area contributed by atoms with Crippen molar-refractivity contribution in [1.29, 1.82) is 0 Å². The van der Waals surface area contributed by atoms with Crippen LogP contribution in [0, 0.1) is 0 Å². The highest BCUT2D eigenvalue weighted by atomic mass is 35.5. The number of nitrogens with one attached hydrogen (secondary N) is 2. The van der Waals surface area contributed by atoms with Crippen molar-refractivity contribution in [2.24, 2.45) is 0 Å². The number of H-pyrrole nitrogens is 1. The Kier molecular flexibility index (Phi) is 5.76. The number of carbonyl (C=O) groups excluding carboxylic acids is 1. The maximum Gasteiger partial charge on any atom is 0.216 e. The van der Waals surface area contributed by atoms with Crippen LogP contribution in [0.15, 0.2) is 29.1 Å². The summed E-state index contributed by atoms with van der Waals surface area (Å²) in [6.45, 7) is 3.94. The molecule has 0 saturated carbocycles. The predicted octanol–water partition coefficient (Wildman–Crippen LogP) is 3.06. The molecule has 5 nitrogen and oxygen atoms in total. The Labute approximate surface area is 152 Å². The van der Waals surface area contributed by atoms with E-state index in [1.807, 2.05) is 0 Å². The topological polar surface area (TPSA) is 65.2 Å². The van der Waals surface area contributed by atoms with E-state index in [2.05, 4.69) is 15.2 Å². The lowest BCUT2D eigenvalue weighted by Crippen LogP contribution is -2.41. The molecule has 1 aliphatic heterocycles. The molecule has 1 amide bonds. The predicted molar refractivity (Wildman–Crippen MR) is 101 cm³/mol. The Balaban J connectivity index is 1.77. The lowest BCUT2D eigenvalue weighted by molar-refractivity contribution is -0.119. The van der Waals surface area contributed by atoms with E-state index in [9.17, 15) is 9.59 Å². The molecule has 1 aromatic heterocycles. The first kappa shape index (κ1) is 18.0. The Hall–Kier alpha value is -1.85. The number of benzene rings is 1. The lowest BCUT2D eigenvalue weighted by atomic mass is 9.99. The molecule has 25 heavy (non-hydrogen) atoms. The van der Waals surface area contributed by atoms with Crippen LogP contribution in [0.5, 0.6) is 0 Å². The number of aromatic amines is 1. The van der Waals surface area contributed by atoms with Crippen molar-refractivity contribution in [2.75, 3.05) is 13.1 Å². The van der Waals surface area contributed by atoms with Gasteiger partial charge in [-0.2, -0.15) is 0 Å².